The van der Waals surface area contributed by atoms with E-state index in [2.05, 4.69) is 0 Å². The molecule has 0 N–H and O–H groups in total. The van der Waals surface area contributed by atoms with E-state index in [9.17, 15) is 30.3 Å². The Morgan fingerprint density at radius 3 is 2.50 bits per heavy atom. The number of carbonyl (C=O) groups excluding carboxylic acids is 1. The normalized spacial score (nSPS) is 19.8. The molecule has 9 heteroatoms. The lowest BCUT2D eigenvalue weighted by Crippen LogP contribution is -2.27. The summed E-state index contributed by atoms with van der Waals surface area (Å²) in [5.74, 6) is -2.10. The summed E-state index contributed by atoms with van der Waals surface area (Å²) >= 11 is 0. The fourth-order valence-electron chi connectivity index (χ4n) is 2.63. The molecule has 1 fully saturated rings. The fraction of sp³-hybridized carbons (Fsp3) is 0.462. The minimum Gasteiger partial charge on any atom is -0.312 e. The maximum Gasteiger partial charge on any atom is 0.416 e. The van der Waals surface area contributed by atoms with Crippen molar-refractivity contribution in [1.29, 1.82) is 0 Å². The van der Waals surface area contributed by atoms with Gasteiger partial charge >= 0.3 is 16.4 Å². The lowest BCUT2D eigenvalue weighted by Gasteiger charge is -2.21. The van der Waals surface area contributed by atoms with E-state index in [0.717, 1.165) is 11.0 Å². The molecule has 0 aromatic heterocycles. The molecule has 1 aromatic rings. The number of benzene rings is 1. The van der Waals surface area contributed by atoms with Crippen LogP contribution in [0.3, 0.4) is 0 Å². The number of hydrogen-bond acceptors (Lipinski definition) is 3. The van der Waals surface area contributed by atoms with Crippen molar-refractivity contribution in [2.75, 3.05) is 17.2 Å². The van der Waals surface area contributed by atoms with E-state index < -0.39 is 39.5 Å². The van der Waals surface area contributed by atoms with Crippen molar-refractivity contribution < 1.29 is 30.3 Å². The second-order valence-electron chi connectivity index (χ2n) is 5.23. The number of hydrogen-bond donors (Lipinski definition) is 0. The van der Waals surface area contributed by atoms with Crippen LogP contribution in [0, 0.1) is 12.8 Å². The number of nitrogens with zero attached hydrogens (tertiary/aromatic N) is 1. The molecular weight excluding hydrogens is 326 g/mol. The van der Waals surface area contributed by atoms with Gasteiger partial charge in [-0.1, -0.05) is 6.07 Å². The summed E-state index contributed by atoms with van der Waals surface area (Å²) in [5, 5.41) is 0. The van der Waals surface area contributed by atoms with Gasteiger partial charge in [-0.3, -0.25) is 4.79 Å². The topological polar surface area (TPSA) is 54.5 Å². The zero-order valence-corrected chi connectivity index (χ0v) is 12.3. The highest BCUT2D eigenvalue weighted by molar-refractivity contribution is 7.86. The smallest absolute Gasteiger partial charge is 0.312 e. The van der Waals surface area contributed by atoms with Crippen LogP contribution in [-0.4, -0.2) is 26.6 Å². The molecule has 1 aromatic carbocycles. The molecule has 1 saturated heterocycles. The van der Waals surface area contributed by atoms with Gasteiger partial charge in [-0.2, -0.15) is 21.6 Å². The highest BCUT2D eigenvalue weighted by Crippen LogP contribution is 2.37. The van der Waals surface area contributed by atoms with Crippen LogP contribution in [-0.2, 0) is 21.2 Å². The van der Waals surface area contributed by atoms with Gasteiger partial charge in [0.05, 0.1) is 11.3 Å². The second-order valence-corrected chi connectivity index (χ2v) is 6.64. The van der Waals surface area contributed by atoms with Gasteiger partial charge in [-0.25, -0.2) is 0 Å². The van der Waals surface area contributed by atoms with Crippen LogP contribution in [0.4, 0.5) is 22.7 Å². The Morgan fingerprint density at radius 2 is 1.95 bits per heavy atom. The number of carbonyl (C=O) groups is 1. The zero-order chi connectivity index (χ0) is 16.7. The number of rotatable bonds is 3. The molecule has 1 amide bonds. The van der Waals surface area contributed by atoms with Crippen LogP contribution in [0.1, 0.15) is 17.5 Å². The number of amides is 1. The van der Waals surface area contributed by atoms with Gasteiger partial charge in [-0.15, -0.1) is 3.89 Å². The summed E-state index contributed by atoms with van der Waals surface area (Å²) in [5.41, 5.74) is -0.912. The van der Waals surface area contributed by atoms with Crippen molar-refractivity contribution in [2.45, 2.75) is 19.5 Å². The van der Waals surface area contributed by atoms with Crippen LogP contribution in [0.5, 0.6) is 0 Å². The monoisotopic (exact) mass is 339 g/mol. The van der Waals surface area contributed by atoms with Crippen LogP contribution in [0.15, 0.2) is 18.2 Å². The Morgan fingerprint density at radius 1 is 1.32 bits per heavy atom. The van der Waals surface area contributed by atoms with Gasteiger partial charge < -0.3 is 4.90 Å². The predicted molar refractivity (Wildman–Crippen MR) is 71.5 cm³/mol. The Kier molecular flexibility index (Phi) is 4.20. The maximum atomic E-state index is 12.9. The molecule has 1 atom stereocenters. The minimum absolute atomic E-state index is 0.0681. The average Bonchev–Trinajstić information content (AvgIpc) is 2.66. The maximum absolute atomic E-state index is 12.9. The Labute approximate surface area is 124 Å². The molecular formula is C13H13F4NO3S. The zero-order valence-electron chi connectivity index (χ0n) is 11.5. The fourth-order valence-corrected chi connectivity index (χ4v) is 3.42. The number of alkyl halides is 3. The Hall–Kier alpha value is -1.64. The van der Waals surface area contributed by atoms with Gasteiger partial charge in [0.1, 0.15) is 0 Å². The quantitative estimate of drug-likeness (QED) is 0.628. The largest absolute Gasteiger partial charge is 0.416 e. The first kappa shape index (κ1) is 16.7. The first-order valence-corrected chi connectivity index (χ1v) is 7.94. The van der Waals surface area contributed by atoms with Crippen molar-refractivity contribution in [3.8, 4) is 0 Å². The molecule has 4 nitrogen and oxygen atoms in total. The van der Waals surface area contributed by atoms with Gasteiger partial charge in [0.25, 0.3) is 0 Å². The third kappa shape index (κ3) is 3.57. The number of anilines is 1. The molecule has 0 spiro atoms. The third-order valence-corrected chi connectivity index (χ3v) is 4.41. The summed E-state index contributed by atoms with van der Waals surface area (Å²) in [6.07, 6.45) is -4.76. The van der Waals surface area contributed by atoms with Gasteiger partial charge in [-0.05, 0) is 24.6 Å². The Bertz CT molecular complexity index is 700. The van der Waals surface area contributed by atoms with Crippen molar-refractivity contribution in [2.24, 2.45) is 5.92 Å². The molecule has 0 aliphatic carbocycles. The van der Waals surface area contributed by atoms with Crippen molar-refractivity contribution in [3.63, 3.8) is 0 Å². The van der Waals surface area contributed by atoms with E-state index in [0.29, 0.717) is 0 Å². The minimum atomic E-state index is -4.74. The van der Waals surface area contributed by atoms with Crippen LogP contribution in [0.2, 0.25) is 0 Å². The summed E-state index contributed by atoms with van der Waals surface area (Å²) in [6, 6.07) is 3.44. The highest BCUT2D eigenvalue weighted by Gasteiger charge is 2.37. The Balaban J connectivity index is 2.32. The molecule has 1 heterocycles. The van der Waals surface area contributed by atoms with Crippen LogP contribution in [0.25, 0.3) is 0 Å². The van der Waals surface area contributed by atoms with Gasteiger partial charge in [0.2, 0.25) is 5.91 Å². The number of halogens is 4. The highest BCUT2D eigenvalue weighted by atomic mass is 32.3. The molecule has 1 aliphatic heterocycles. The standard InChI is InChI=1S/C13H13F4NO3S/c1-8-10(13(14,15)16)3-2-4-11(8)18-6-9(5-12(18)19)7-22(17,20)21/h2-4,9H,5-7H2,1H3. The van der Waals surface area contributed by atoms with E-state index in [1.807, 2.05) is 0 Å². The van der Waals surface area contributed by atoms with Gasteiger partial charge in [0.15, 0.2) is 0 Å². The molecule has 2 rings (SSSR count). The lowest BCUT2D eigenvalue weighted by molar-refractivity contribution is -0.138. The lowest BCUT2D eigenvalue weighted by atomic mass is 10.1. The molecule has 0 saturated carbocycles. The molecule has 1 unspecified atom stereocenters. The average molecular weight is 339 g/mol. The van der Waals surface area contributed by atoms with Crippen molar-refractivity contribution >= 4 is 21.8 Å². The molecule has 0 radical (unpaired) electrons. The van der Waals surface area contributed by atoms with E-state index in [4.69, 9.17) is 0 Å². The molecule has 0 bridgehead atoms. The van der Waals surface area contributed by atoms with Crippen LogP contribution >= 0.6 is 0 Å². The van der Waals surface area contributed by atoms with E-state index in [1.54, 1.807) is 0 Å². The molecule has 22 heavy (non-hydrogen) atoms. The summed E-state index contributed by atoms with van der Waals surface area (Å²) in [4.78, 5) is 13.0. The SMILES string of the molecule is Cc1c(N2CC(CS(=O)(=O)F)CC2=O)cccc1C(F)(F)F. The van der Waals surface area contributed by atoms with E-state index in [1.165, 1.54) is 19.1 Å². The first-order chi connectivity index (χ1) is 9.99. The van der Waals surface area contributed by atoms with E-state index in [-0.39, 0.29) is 24.2 Å². The molecule has 1 aliphatic rings. The van der Waals surface area contributed by atoms with E-state index >= 15 is 0 Å². The molecule has 122 valence electrons. The summed E-state index contributed by atoms with van der Waals surface area (Å²) < 4.78 is 72.6. The summed E-state index contributed by atoms with van der Waals surface area (Å²) in [6.45, 7) is 1.12. The predicted octanol–water partition coefficient (Wildman–Crippen LogP) is 2.67. The van der Waals surface area contributed by atoms with Crippen LogP contribution < -0.4 is 4.90 Å². The van der Waals surface area contributed by atoms with Gasteiger partial charge in [0, 0.05) is 24.6 Å². The second kappa shape index (κ2) is 5.53. The van der Waals surface area contributed by atoms with Crippen molar-refractivity contribution in [3.05, 3.63) is 29.3 Å². The third-order valence-electron chi connectivity index (χ3n) is 3.54. The van der Waals surface area contributed by atoms with Crippen molar-refractivity contribution in [1.82, 2.24) is 0 Å². The first-order valence-electron chi connectivity index (χ1n) is 6.38. The summed E-state index contributed by atoms with van der Waals surface area (Å²) in [7, 11) is -4.74.